The molecule has 0 saturated carbocycles. The second-order valence-electron chi connectivity index (χ2n) is 4.93. The van der Waals surface area contributed by atoms with E-state index < -0.39 is 0 Å². The van der Waals surface area contributed by atoms with Gasteiger partial charge in [0.1, 0.15) is 11.6 Å². The van der Waals surface area contributed by atoms with Crippen molar-refractivity contribution in [3.05, 3.63) is 42.6 Å². The van der Waals surface area contributed by atoms with E-state index in [1.807, 2.05) is 44.2 Å². The number of ether oxygens (including phenoxy) is 1. The summed E-state index contributed by atoms with van der Waals surface area (Å²) in [5.41, 5.74) is 1.75. The topological polar surface area (TPSA) is 63.2 Å². The number of carbonyl (C=O) groups excluding carboxylic acids is 1. The summed E-state index contributed by atoms with van der Waals surface area (Å²) in [5, 5.41) is 5.98. The number of hydrogen-bond acceptors (Lipinski definition) is 4. The average Bonchev–Trinajstić information content (AvgIpc) is 2.49. The standard InChI is InChI=1S/C16H19N3O2/c1-11(2)16(20)19-15-8-7-13(10-17-15)18-12-5-4-6-14(9-12)21-3/h4-11,18H,1-3H3,(H,17,19,20). The Morgan fingerprint density at radius 3 is 2.62 bits per heavy atom. The van der Waals surface area contributed by atoms with Gasteiger partial charge in [0.15, 0.2) is 0 Å². The molecule has 0 aliphatic heterocycles. The van der Waals surface area contributed by atoms with Crippen LogP contribution in [0.3, 0.4) is 0 Å². The molecule has 2 N–H and O–H groups in total. The molecule has 1 aromatic carbocycles. The van der Waals surface area contributed by atoms with Crippen LogP contribution < -0.4 is 15.4 Å². The van der Waals surface area contributed by atoms with E-state index >= 15 is 0 Å². The summed E-state index contributed by atoms with van der Waals surface area (Å²) in [7, 11) is 1.63. The summed E-state index contributed by atoms with van der Waals surface area (Å²) in [6.45, 7) is 3.68. The van der Waals surface area contributed by atoms with Gasteiger partial charge in [-0.25, -0.2) is 4.98 Å². The summed E-state index contributed by atoms with van der Waals surface area (Å²) in [4.78, 5) is 15.8. The lowest BCUT2D eigenvalue weighted by Crippen LogP contribution is -2.18. The zero-order valence-corrected chi connectivity index (χ0v) is 12.4. The Morgan fingerprint density at radius 1 is 1.19 bits per heavy atom. The lowest BCUT2D eigenvalue weighted by Gasteiger charge is -2.10. The first-order chi connectivity index (χ1) is 10.1. The van der Waals surface area contributed by atoms with Crippen LogP contribution in [0.5, 0.6) is 5.75 Å². The van der Waals surface area contributed by atoms with Gasteiger partial charge in [0.2, 0.25) is 5.91 Å². The van der Waals surface area contributed by atoms with E-state index in [9.17, 15) is 4.79 Å². The van der Waals surface area contributed by atoms with Crippen molar-refractivity contribution in [3.63, 3.8) is 0 Å². The van der Waals surface area contributed by atoms with Crippen molar-refractivity contribution in [1.82, 2.24) is 4.98 Å². The molecule has 21 heavy (non-hydrogen) atoms. The Morgan fingerprint density at radius 2 is 2.00 bits per heavy atom. The number of amides is 1. The van der Waals surface area contributed by atoms with Gasteiger partial charge in [0, 0.05) is 17.7 Å². The van der Waals surface area contributed by atoms with E-state index in [4.69, 9.17) is 4.74 Å². The Hall–Kier alpha value is -2.56. The minimum absolute atomic E-state index is 0.0454. The normalized spacial score (nSPS) is 10.3. The van der Waals surface area contributed by atoms with Crippen molar-refractivity contribution in [2.75, 3.05) is 17.7 Å². The van der Waals surface area contributed by atoms with Gasteiger partial charge in [-0.3, -0.25) is 4.79 Å². The van der Waals surface area contributed by atoms with Crippen LogP contribution in [0.15, 0.2) is 42.6 Å². The Balaban J connectivity index is 2.03. The highest BCUT2D eigenvalue weighted by Crippen LogP contribution is 2.21. The maximum absolute atomic E-state index is 11.6. The molecule has 5 nitrogen and oxygen atoms in total. The van der Waals surface area contributed by atoms with E-state index in [1.54, 1.807) is 19.4 Å². The molecule has 1 aromatic heterocycles. The summed E-state index contributed by atoms with van der Waals surface area (Å²) in [6.07, 6.45) is 1.68. The molecule has 0 fully saturated rings. The molecule has 0 aliphatic carbocycles. The number of nitrogens with one attached hydrogen (secondary N) is 2. The number of nitrogens with zero attached hydrogens (tertiary/aromatic N) is 1. The highest BCUT2D eigenvalue weighted by molar-refractivity contribution is 5.91. The van der Waals surface area contributed by atoms with Gasteiger partial charge in [-0.1, -0.05) is 19.9 Å². The number of carbonyl (C=O) groups is 1. The first-order valence-electron chi connectivity index (χ1n) is 6.76. The van der Waals surface area contributed by atoms with Crippen molar-refractivity contribution in [1.29, 1.82) is 0 Å². The smallest absolute Gasteiger partial charge is 0.228 e. The van der Waals surface area contributed by atoms with Gasteiger partial charge in [0.05, 0.1) is 19.0 Å². The van der Waals surface area contributed by atoms with Crippen LogP contribution in [0.1, 0.15) is 13.8 Å². The van der Waals surface area contributed by atoms with Crippen LogP contribution in [0.2, 0.25) is 0 Å². The highest BCUT2D eigenvalue weighted by atomic mass is 16.5. The number of hydrogen-bond donors (Lipinski definition) is 2. The average molecular weight is 285 g/mol. The summed E-state index contributed by atoms with van der Waals surface area (Å²) in [5.74, 6) is 1.22. The molecule has 0 spiro atoms. The monoisotopic (exact) mass is 285 g/mol. The molecule has 0 aliphatic rings. The third kappa shape index (κ3) is 4.21. The summed E-state index contributed by atoms with van der Waals surface area (Å²) >= 11 is 0. The van der Waals surface area contributed by atoms with Gasteiger partial charge in [-0.15, -0.1) is 0 Å². The molecule has 2 rings (SSSR count). The van der Waals surface area contributed by atoms with Crippen LogP contribution in [0.4, 0.5) is 17.2 Å². The van der Waals surface area contributed by atoms with E-state index in [-0.39, 0.29) is 11.8 Å². The number of rotatable bonds is 5. The highest BCUT2D eigenvalue weighted by Gasteiger charge is 2.07. The van der Waals surface area contributed by atoms with E-state index in [1.165, 1.54) is 0 Å². The molecule has 2 aromatic rings. The molecule has 0 bridgehead atoms. The number of pyridine rings is 1. The lowest BCUT2D eigenvalue weighted by atomic mass is 10.2. The van der Waals surface area contributed by atoms with Gasteiger partial charge < -0.3 is 15.4 Å². The van der Waals surface area contributed by atoms with Crippen molar-refractivity contribution >= 4 is 23.1 Å². The van der Waals surface area contributed by atoms with E-state index in [0.29, 0.717) is 5.82 Å². The largest absolute Gasteiger partial charge is 0.497 e. The van der Waals surface area contributed by atoms with Gasteiger partial charge in [-0.05, 0) is 24.3 Å². The first kappa shape index (κ1) is 14.8. The predicted molar refractivity (Wildman–Crippen MR) is 84.0 cm³/mol. The molecule has 1 amide bonds. The molecule has 0 radical (unpaired) electrons. The molecule has 0 saturated heterocycles. The van der Waals surface area contributed by atoms with Crippen molar-refractivity contribution < 1.29 is 9.53 Å². The third-order valence-corrected chi connectivity index (χ3v) is 2.90. The van der Waals surface area contributed by atoms with Crippen molar-refractivity contribution in [2.24, 2.45) is 5.92 Å². The lowest BCUT2D eigenvalue weighted by molar-refractivity contribution is -0.118. The predicted octanol–water partition coefficient (Wildman–Crippen LogP) is 3.43. The minimum Gasteiger partial charge on any atom is -0.497 e. The van der Waals surface area contributed by atoms with E-state index in [0.717, 1.165) is 17.1 Å². The molecule has 1 heterocycles. The zero-order chi connectivity index (χ0) is 15.2. The van der Waals surface area contributed by atoms with Gasteiger partial charge in [-0.2, -0.15) is 0 Å². The number of aromatic nitrogens is 1. The minimum atomic E-state index is -0.0682. The molecule has 5 heteroatoms. The summed E-state index contributed by atoms with van der Waals surface area (Å²) < 4.78 is 5.17. The van der Waals surface area contributed by atoms with Crippen LogP contribution in [-0.2, 0) is 4.79 Å². The van der Waals surface area contributed by atoms with Crippen LogP contribution >= 0.6 is 0 Å². The zero-order valence-electron chi connectivity index (χ0n) is 12.4. The van der Waals surface area contributed by atoms with Crippen LogP contribution in [0.25, 0.3) is 0 Å². The fourth-order valence-corrected chi connectivity index (χ4v) is 1.68. The molecular weight excluding hydrogens is 266 g/mol. The SMILES string of the molecule is COc1cccc(Nc2ccc(NC(=O)C(C)C)nc2)c1. The third-order valence-electron chi connectivity index (χ3n) is 2.90. The molecule has 110 valence electrons. The van der Waals surface area contributed by atoms with E-state index in [2.05, 4.69) is 15.6 Å². The second kappa shape index (κ2) is 6.74. The Labute approximate surface area is 124 Å². The van der Waals surface area contributed by atoms with Gasteiger partial charge >= 0.3 is 0 Å². The van der Waals surface area contributed by atoms with Crippen molar-refractivity contribution in [2.45, 2.75) is 13.8 Å². The maximum Gasteiger partial charge on any atom is 0.228 e. The molecule has 0 atom stereocenters. The van der Waals surface area contributed by atoms with Crippen LogP contribution in [-0.4, -0.2) is 18.0 Å². The summed E-state index contributed by atoms with van der Waals surface area (Å²) in [6, 6.07) is 11.3. The number of anilines is 3. The number of benzene rings is 1. The fraction of sp³-hybridized carbons (Fsp3) is 0.250. The molecule has 0 unspecified atom stereocenters. The quantitative estimate of drug-likeness (QED) is 0.883. The number of methoxy groups -OCH3 is 1. The van der Waals surface area contributed by atoms with Crippen LogP contribution in [0, 0.1) is 5.92 Å². The fourth-order valence-electron chi connectivity index (χ4n) is 1.68. The van der Waals surface area contributed by atoms with Gasteiger partial charge in [0.25, 0.3) is 0 Å². The maximum atomic E-state index is 11.6. The van der Waals surface area contributed by atoms with Crippen molar-refractivity contribution in [3.8, 4) is 5.75 Å². The Kier molecular flexibility index (Phi) is 4.77. The first-order valence-corrected chi connectivity index (χ1v) is 6.76. The second-order valence-corrected chi connectivity index (χ2v) is 4.93. The Bertz CT molecular complexity index is 609. The molecular formula is C16H19N3O2.